The Balaban J connectivity index is 0.000000240. The maximum absolute atomic E-state index is 6.73. The molecule has 100 heavy (non-hydrogen) atoms. The van der Waals surface area contributed by atoms with Gasteiger partial charge in [-0.25, -0.2) is 0 Å². The first kappa shape index (κ1) is 82.8. The van der Waals surface area contributed by atoms with E-state index in [-0.39, 0.29) is 24.4 Å². The van der Waals surface area contributed by atoms with E-state index in [1.54, 1.807) is 28.4 Å². The predicted molar refractivity (Wildman–Crippen MR) is 410 cm³/mol. The summed E-state index contributed by atoms with van der Waals surface area (Å²) < 4.78 is 72.5. The third-order valence-electron chi connectivity index (χ3n) is 21.3. The van der Waals surface area contributed by atoms with E-state index < -0.39 is 11.2 Å². The first-order valence-electron chi connectivity index (χ1n) is 37.8. The summed E-state index contributed by atoms with van der Waals surface area (Å²) in [5.74, 6) is 7.96. The van der Waals surface area contributed by atoms with Gasteiger partial charge >= 0.3 is 0 Å². The molecule has 2 fully saturated rings. The van der Waals surface area contributed by atoms with Gasteiger partial charge in [0.1, 0.15) is 74.1 Å². The number of ether oxygens (including phenoxy) is 12. The molecule has 0 amide bonds. The minimum Gasteiger partial charge on any atom is -0.490 e. The van der Waals surface area contributed by atoms with Crippen LogP contribution in [0.5, 0.6) is 34.5 Å². The third kappa shape index (κ3) is 23.7. The van der Waals surface area contributed by atoms with Crippen LogP contribution in [-0.2, 0) is 46.0 Å². The average molecular weight is 1380 g/mol. The van der Waals surface area contributed by atoms with Gasteiger partial charge in [0.15, 0.2) is 0 Å². The Bertz CT molecular complexity index is 3170. The molecule has 12 heteroatoms. The molecule has 12 nitrogen and oxygen atoms in total. The number of benzene rings is 6. The number of methoxy groups -OCH3 is 6. The predicted octanol–water partition coefficient (Wildman–Crippen LogP) is 22.9. The van der Waals surface area contributed by atoms with Crippen molar-refractivity contribution < 1.29 is 56.8 Å². The van der Waals surface area contributed by atoms with Gasteiger partial charge in [-0.05, 0) is 231 Å². The maximum Gasteiger partial charge on any atom is 0.131 e. The summed E-state index contributed by atoms with van der Waals surface area (Å²) in [4.78, 5) is 0. The zero-order valence-corrected chi connectivity index (χ0v) is 65.6. The molecule has 2 aliphatic rings. The topological polar surface area (TPSA) is 111 Å². The monoisotopic (exact) mass is 1380 g/mol. The lowest BCUT2D eigenvalue weighted by Gasteiger charge is -2.34. The second kappa shape index (κ2) is 41.8. The quantitative estimate of drug-likeness (QED) is 0.0349. The first-order chi connectivity index (χ1) is 48.0. The number of hydrogen-bond acceptors (Lipinski definition) is 12. The first-order valence-corrected chi connectivity index (χ1v) is 37.8. The second-order valence-corrected chi connectivity index (χ2v) is 28.9. The fourth-order valence-electron chi connectivity index (χ4n) is 13.7. The van der Waals surface area contributed by atoms with E-state index in [0.29, 0.717) is 69.2 Å². The van der Waals surface area contributed by atoms with Gasteiger partial charge in [0.2, 0.25) is 0 Å². The van der Waals surface area contributed by atoms with Crippen molar-refractivity contribution in [2.24, 2.45) is 11.8 Å². The molecule has 0 aromatic heterocycles. The smallest absolute Gasteiger partial charge is 0.131 e. The molecule has 0 aliphatic heterocycles. The van der Waals surface area contributed by atoms with Crippen LogP contribution < -0.4 is 28.4 Å². The zero-order valence-electron chi connectivity index (χ0n) is 65.6. The van der Waals surface area contributed by atoms with Crippen LogP contribution in [0.15, 0.2) is 109 Å². The van der Waals surface area contributed by atoms with Crippen LogP contribution in [0, 0.1) is 25.7 Å². The van der Waals surface area contributed by atoms with Crippen LogP contribution in [0.3, 0.4) is 0 Å². The molecule has 6 aromatic carbocycles. The van der Waals surface area contributed by atoms with Gasteiger partial charge in [-0.1, -0.05) is 135 Å². The molecule has 8 rings (SSSR count). The van der Waals surface area contributed by atoms with Gasteiger partial charge in [0.25, 0.3) is 0 Å². The van der Waals surface area contributed by atoms with E-state index in [0.717, 1.165) is 93.6 Å². The van der Waals surface area contributed by atoms with Gasteiger partial charge < -0.3 is 56.8 Å². The second-order valence-electron chi connectivity index (χ2n) is 28.9. The molecule has 0 spiro atoms. The molecule has 0 bridgehead atoms. The van der Waals surface area contributed by atoms with Crippen molar-refractivity contribution >= 4 is 0 Å². The molecular formula is C88H130O12. The molecule has 0 heterocycles. The molecule has 7 unspecified atom stereocenters. The molecule has 6 aromatic rings. The third-order valence-corrected chi connectivity index (χ3v) is 21.3. The Morgan fingerprint density at radius 1 is 0.360 bits per heavy atom. The Kier molecular flexibility index (Phi) is 34.7. The lowest BCUT2D eigenvalue weighted by atomic mass is 9.79. The molecule has 554 valence electrons. The van der Waals surface area contributed by atoms with E-state index in [1.165, 1.54) is 97.6 Å². The summed E-state index contributed by atoms with van der Waals surface area (Å²) in [6.07, 6.45) is 17.0. The standard InChI is InChI=1S/C36H54O4.C27H40O4.C25H36O4/c1-6-26(3)28-18-20-31(21-19-28)39-22-23-40-36-32(34(37-4)29-14-10-8-11-15-29)24-27(7-2)25-33(36)35(38-5)30-16-12-9-13-17-30;1-10-20(3)21-11-13-22(14-12-21)30-15-16-31-25-23(26(4,5)28-8)17-19(2)18-24(25)27(6,7)29-9;1-8-18(3)21-9-11-22(12-10-21)28-13-14-29-25-23(19(4)26-6)15-17(2)16-24(25)20(5)27-7/h18-21,24-26,29-30,34-35H,6-17,22-23H2,1-5H3;11-14,17-18,20H,10,15-16H2,1-9H3;9-12,15-16,18-20H,8,13-14H2,1-7H3. The van der Waals surface area contributed by atoms with E-state index in [2.05, 4.69) is 147 Å². The summed E-state index contributed by atoms with van der Waals surface area (Å²) in [7, 11) is 10.6. The molecular weight excluding hydrogens is 1250 g/mol. The summed E-state index contributed by atoms with van der Waals surface area (Å²) >= 11 is 0. The van der Waals surface area contributed by atoms with Crippen molar-refractivity contribution in [3.63, 3.8) is 0 Å². The molecule has 0 radical (unpaired) electrons. The highest BCUT2D eigenvalue weighted by Gasteiger charge is 2.35. The van der Waals surface area contributed by atoms with Gasteiger partial charge in [0, 0.05) is 76.0 Å². The Morgan fingerprint density at radius 3 is 0.950 bits per heavy atom. The maximum atomic E-state index is 6.73. The Hall–Kier alpha value is -6.12. The van der Waals surface area contributed by atoms with Gasteiger partial charge in [0.05, 0.1) is 35.6 Å². The minimum absolute atomic E-state index is 0.0402. The van der Waals surface area contributed by atoms with Crippen LogP contribution in [0.25, 0.3) is 0 Å². The molecule has 2 saturated carbocycles. The van der Waals surface area contributed by atoms with Crippen molar-refractivity contribution in [3.8, 4) is 34.5 Å². The highest BCUT2D eigenvalue weighted by atomic mass is 16.5. The summed E-state index contributed by atoms with van der Waals surface area (Å²) in [6.45, 7) is 34.8. The zero-order chi connectivity index (χ0) is 72.9. The van der Waals surface area contributed by atoms with Crippen molar-refractivity contribution in [2.45, 2.75) is 247 Å². The van der Waals surface area contributed by atoms with Crippen molar-refractivity contribution in [3.05, 3.63) is 176 Å². The molecule has 7 atom stereocenters. The van der Waals surface area contributed by atoms with Gasteiger partial charge in [-0.15, -0.1) is 0 Å². The minimum atomic E-state index is -0.493. The lowest BCUT2D eigenvalue weighted by molar-refractivity contribution is 0.00821. The summed E-state index contributed by atoms with van der Waals surface area (Å²) in [6, 6.07) is 38.4. The van der Waals surface area contributed by atoms with E-state index >= 15 is 0 Å². The van der Waals surface area contributed by atoms with E-state index in [1.807, 2.05) is 80.0 Å². The Morgan fingerprint density at radius 2 is 0.660 bits per heavy atom. The number of hydrogen-bond donors (Lipinski definition) is 0. The fraction of sp³-hybridized carbons (Fsp3) is 0.591. The van der Waals surface area contributed by atoms with Gasteiger partial charge in [-0.2, -0.15) is 0 Å². The van der Waals surface area contributed by atoms with Gasteiger partial charge in [-0.3, -0.25) is 0 Å². The Labute approximate surface area is 605 Å². The number of aryl methyl sites for hydroxylation is 3. The van der Waals surface area contributed by atoms with E-state index in [4.69, 9.17) is 56.8 Å². The van der Waals surface area contributed by atoms with Crippen LogP contribution in [0.2, 0.25) is 0 Å². The molecule has 2 aliphatic carbocycles. The van der Waals surface area contributed by atoms with Crippen LogP contribution in [-0.4, -0.2) is 82.3 Å². The lowest BCUT2D eigenvalue weighted by Crippen LogP contribution is -2.27. The SMILES string of the molecule is CCC(C)c1ccc(OCCOc2c(C(C)(C)OC)cc(C)cc2C(C)(C)OC)cc1.CCC(C)c1ccc(OCCOc2c(C(C)OC)cc(C)cc2C(C)OC)cc1.CCc1cc(C(OC)C2CCCCC2)c(OCCOc2ccc(C(C)CC)cc2)c(C(OC)C2CCCCC2)c1. The summed E-state index contributed by atoms with van der Waals surface area (Å²) in [5, 5.41) is 0. The van der Waals surface area contributed by atoms with E-state index in [9.17, 15) is 0 Å². The normalized spacial score (nSPS) is 15.9. The van der Waals surface area contributed by atoms with Crippen molar-refractivity contribution in [1.82, 2.24) is 0 Å². The molecule has 0 saturated heterocycles. The number of rotatable bonds is 36. The van der Waals surface area contributed by atoms with Crippen LogP contribution in [0.4, 0.5) is 0 Å². The van der Waals surface area contributed by atoms with Crippen molar-refractivity contribution in [1.29, 1.82) is 0 Å². The average Bonchev–Trinajstić information content (AvgIpc) is 0.782. The fourth-order valence-corrected chi connectivity index (χ4v) is 13.7. The largest absolute Gasteiger partial charge is 0.490 e. The highest BCUT2D eigenvalue weighted by Crippen LogP contribution is 2.48. The van der Waals surface area contributed by atoms with Crippen LogP contribution >= 0.6 is 0 Å². The van der Waals surface area contributed by atoms with Crippen molar-refractivity contribution in [2.75, 3.05) is 82.3 Å². The highest BCUT2D eigenvalue weighted by molar-refractivity contribution is 5.51. The summed E-state index contributed by atoms with van der Waals surface area (Å²) in [5.41, 5.74) is 13.2. The van der Waals surface area contributed by atoms with Crippen LogP contribution in [0.1, 0.15) is 282 Å². The molecule has 0 N–H and O–H groups in total.